The van der Waals surface area contributed by atoms with Gasteiger partial charge in [-0.3, -0.25) is 0 Å². The van der Waals surface area contributed by atoms with E-state index >= 15 is 0 Å². The molecule has 2 aromatic heterocycles. The van der Waals surface area contributed by atoms with E-state index in [0.717, 1.165) is 6.33 Å². The predicted octanol–water partition coefficient (Wildman–Crippen LogP) is 1.85. The standard InChI is InChI=1S/C8H3F3N4/c9-8(10,11)7-4(1-12)6-5(15-7)2-13-3-14-6/h2-3,15H. The van der Waals surface area contributed by atoms with Gasteiger partial charge in [-0.05, 0) is 0 Å². The first-order valence-electron chi connectivity index (χ1n) is 3.83. The van der Waals surface area contributed by atoms with E-state index in [1.165, 1.54) is 12.3 Å². The van der Waals surface area contributed by atoms with E-state index in [2.05, 4.69) is 15.0 Å². The number of nitriles is 1. The Labute approximate surface area is 81.4 Å². The van der Waals surface area contributed by atoms with Crippen LogP contribution < -0.4 is 0 Å². The van der Waals surface area contributed by atoms with Crippen LogP contribution in [0, 0.1) is 11.3 Å². The molecule has 0 amide bonds. The number of rotatable bonds is 0. The summed E-state index contributed by atoms with van der Waals surface area (Å²) in [5.41, 5.74) is -1.50. The van der Waals surface area contributed by atoms with Gasteiger partial charge in [-0.25, -0.2) is 9.97 Å². The van der Waals surface area contributed by atoms with E-state index in [-0.39, 0.29) is 11.0 Å². The summed E-state index contributed by atoms with van der Waals surface area (Å²) < 4.78 is 37.3. The van der Waals surface area contributed by atoms with Gasteiger partial charge in [0.15, 0.2) is 0 Å². The van der Waals surface area contributed by atoms with Crippen molar-refractivity contribution >= 4 is 11.0 Å². The Morgan fingerprint density at radius 1 is 1.40 bits per heavy atom. The molecule has 0 aliphatic rings. The molecule has 0 aliphatic heterocycles. The molecule has 2 aromatic rings. The summed E-state index contributed by atoms with van der Waals surface area (Å²) in [6.45, 7) is 0. The lowest BCUT2D eigenvalue weighted by Gasteiger charge is -2.02. The minimum absolute atomic E-state index is 0.0141. The van der Waals surface area contributed by atoms with Crippen molar-refractivity contribution in [1.29, 1.82) is 5.26 Å². The van der Waals surface area contributed by atoms with Gasteiger partial charge in [0.2, 0.25) is 0 Å². The average molecular weight is 212 g/mol. The lowest BCUT2D eigenvalue weighted by atomic mass is 10.2. The number of nitrogens with one attached hydrogen (secondary N) is 1. The Balaban J connectivity index is 2.83. The lowest BCUT2D eigenvalue weighted by Crippen LogP contribution is -2.07. The maximum atomic E-state index is 12.4. The molecule has 1 N–H and O–H groups in total. The van der Waals surface area contributed by atoms with Crippen LogP contribution in [0.4, 0.5) is 13.2 Å². The number of aromatic nitrogens is 3. The molecule has 0 spiro atoms. The second-order valence-corrected chi connectivity index (χ2v) is 2.77. The minimum atomic E-state index is -4.59. The van der Waals surface area contributed by atoms with Crippen LogP contribution in [0.3, 0.4) is 0 Å². The van der Waals surface area contributed by atoms with Gasteiger partial charge in [0, 0.05) is 0 Å². The van der Waals surface area contributed by atoms with Crippen LogP contribution in [0.1, 0.15) is 11.3 Å². The Kier molecular flexibility index (Phi) is 1.86. The monoisotopic (exact) mass is 212 g/mol. The molecule has 0 fully saturated rings. The van der Waals surface area contributed by atoms with Crippen LogP contribution in [-0.2, 0) is 6.18 Å². The normalized spacial score (nSPS) is 11.6. The molecule has 0 saturated carbocycles. The Morgan fingerprint density at radius 3 is 2.73 bits per heavy atom. The number of fused-ring (bicyclic) bond motifs is 1. The van der Waals surface area contributed by atoms with Crippen LogP contribution in [-0.4, -0.2) is 15.0 Å². The van der Waals surface area contributed by atoms with Gasteiger partial charge >= 0.3 is 6.18 Å². The first-order valence-corrected chi connectivity index (χ1v) is 3.83. The van der Waals surface area contributed by atoms with Crippen LogP contribution >= 0.6 is 0 Å². The molecule has 2 heterocycles. The molecule has 15 heavy (non-hydrogen) atoms. The van der Waals surface area contributed by atoms with Gasteiger partial charge < -0.3 is 4.98 Å². The van der Waals surface area contributed by atoms with Gasteiger partial charge in [0.25, 0.3) is 0 Å². The zero-order chi connectivity index (χ0) is 11.1. The van der Waals surface area contributed by atoms with E-state index in [0.29, 0.717) is 0 Å². The van der Waals surface area contributed by atoms with Gasteiger partial charge in [-0.2, -0.15) is 18.4 Å². The van der Waals surface area contributed by atoms with Crippen molar-refractivity contribution in [3.63, 3.8) is 0 Å². The molecule has 2 rings (SSSR count). The van der Waals surface area contributed by atoms with E-state index in [9.17, 15) is 13.2 Å². The van der Waals surface area contributed by atoms with Crippen LogP contribution in [0.15, 0.2) is 12.5 Å². The van der Waals surface area contributed by atoms with Gasteiger partial charge in [-0.1, -0.05) is 0 Å². The predicted molar refractivity (Wildman–Crippen MR) is 43.6 cm³/mol. The largest absolute Gasteiger partial charge is 0.432 e. The Morgan fingerprint density at radius 2 is 2.13 bits per heavy atom. The second-order valence-electron chi connectivity index (χ2n) is 2.77. The van der Waals surface area contributed by atoms with Crippen molar-refractivity contribution in [3.8, 4) is 6.07 Å². The van der Waals surface area contributed by atoms with Crippen molar-refractivity contribution < 1.29 is 13.2 Å². The van der Waals surface area contributed by atoms with Gasteiger partial charge in [-0.15, -0.1) is 0 Å². The molecule has 0 bridgehead atoms. The highest BCUT2D eigenvalue weighted by atomic mass is 19.4. The van der Waals surface area contributed by atoms with Crippen molar-refractivity contribution in [2.75, 3.05) is 0 Å². The summed E-state index contributed by atoms with van der Waals surface area (Å²) in [7, 11) is 0. The fourth-order valence-electron chi connectivity index (χ4n) is 1.26. The molecule has 0 saturated heterocycles. The SMILES string of the molecule is N#Cc1c(C(F)(F)F)[nH]c2cncnc12. The van der Waals surface area contributed by atoms with Gasteiger partial charge in [0.05, 0.1) is 11.7 Å². The number of aromatic amines is 1. The van der Waals surface area contributed by atoms with Crippen LogP contribution in [0.5, 0.6) is 0 Å². The maximum absolute atomic E-state index is 12.4. The number of alkyl halides is 3. The number of hydrogen-bond acceptors (Lipinski definition) is 3. The third-order valence-corrected chi connectivity index (χ3v) is 1.85. The van der Waals surface area contributed by atoms with Crippen molar-refractivity contribution in [3.05, 3.63) is 23.8 Å². The number of H-pyrrole nitrogens is 1. The third kappa shape index (κ3) is 1.40. The first-order chi connectivity index (χ1) is 7.04. The van der Waals surface area contributed by atoms with Gasteiger partial charge in [0.1, 0.15) is 29.2 Å². The lowest BCUT2D eigenvalue weighted by molar-refractivity contribution is -0.140. The van der Waals surface area contributed by atoms with E-state index in [4.69, 9.17) is 5.26 Å². The summed E-state index contributed by atoms with van der Waals surface area (Å²) in [4.78, 5) is 9.27. The highest BCUT2D eigenvalue weighted by Crippen LogP contribution is 2.33. The summed E-state index contributed by atoms with van der Waals surface area (Å²) in [5.74, 6) is 0. The molecule has 76 valence electrons. The molecule has 7 heteroatoms. The molecular weight excluding hydrogens is 209 g/mol. The Bertz CT molecular complexity index is 549. The second kappa shape index (κ2) is 2.95. The molecule has 0 radical (unpaired) electrons. The number of halogens is 3. The zero-order valence-corrected chi connectivity index (χ0v) is 7.13. The minimum Gasteiger partial charge on any atom is -0.347 e. The highest BCUT2D eigenvalue weighted by molar-refractivity contribution is 5.82. The third-order valence-electron chi connectivity index (χ3n) is 1.85. The van der Waals surface area contributed by atoms with E-state index < -0.39 is 17.4 Å². The Hall–Kier alpha value is -2.10. The highest BCUT2D eigenvalue weighted by Gasteiger charge is 2.37. The summed E-state index contributed by atoms with van der Waals surface area (Å²) >= 11 is 0. The van der Waals surface area contributed by atoms with Crippen molar-refractivity contribution in [2.24, 2.45) is 0 Å². The van der Waals surface area contributed by atoms with Crippen LogP contribution in [0.2, 0.25) is 0 Å². The topological polar surface area (TPSA) is 65.4 Å². The van der Waals surface area contributed by atoms with Crippen LogP contribution in [0.25, 0.3) is 11.0 Å². The summed E-state index contributed by atoms with van der Waals surface area (Å²) in [6.07, 6.45) is -2.30. The molecule has 0 aromatic carbocycles. The maximum Gasteiger partial charge on any atom is 0.432 e. The summed E-state index contributed by atoms with van der Waals surface area (Å²) in [6, 6.07) is 1.48. The molecule has 4 nitrogen and oxygen atoms in total. The average Bonchev–Trinajstić information content (AvgIpc) is 2.55. The molecule has 0 atom stereocenters. The molecular formula is C8H3F3N4. The first kappa shape index (κ1) is 9.45. The number of hydrogen-bond donors (Lipinski definition) is 1. The molecule has 0 unspecified atom stereocenters. The summed E-state index contributed by atoms with van der Waals surface area (Å²) in [5, 5.41) is 8.64. The van der Waals surface area contributed by atoms with Crippen molar-refractivity contribution in [2.45, 2.75) is 6.18 Å². The smallest absolute Gasteiger partial charge is 0.347 e. The zero-order valence-electron chi connectivity index (χ0n) is 7.13. The number of nitrogens with zero attached hydrogens (tertiary/aromatic N) is 3. The van der Waals surface area contributed by atoms with E-state index in [1.807, 2.05) is 0 Å². The van der Waals surface area contributed by atoms with E-state index in [1.54, 1.807) is 0 Å². The fraction of sp³-hybridized carbons (Fsp3) is 0.125. The fourth-order valence-corrected chi connectivity index (χ4v) is 1.26. The van der Waals surface area contributed by atoms with Crippen molar-refractivity contribution in [1.82, 2.24) is 15.0 Å². The quantitative estimate of drug-likeness (QED) is 0.724. The molecule has 0 aliphatic carbocycles.